The molecule has 0 spiro atoms. The maximum atomic E-state index is 11.8. The molecule has 1 aliphatic rings. The van der Waals surface area contributed by atoms with E-state index in [1.54, 1.807) is 0 Å². The molecule has 1 atom stereocenters. The lowest BCUT2D eigenvalue weighted by Crippen LogP contribution is -2.33. The van der Waals surface area contributed by atoms with Gasteiger partial charge in [-0.3, -0.25) is 4.90 Å². The highest BCUT2D eigenvalue weighted by Gasteiger charge is 2.29. The minimum Gasteiger partial charge on any atom is -0.378 e. The maximum Gasteiger partial charge on any atom is 0.198 e. The molecular weight excluding hydrogens is 418 g/mol. The third kappa shape index (κ3) is 5.50. The molecule has 30 heavy (non-hydrogen) atoms. The first-order valence-electron chi connectivity index (χ1n) is 10.4. The number of rotatable bonds is 8. The molecule has 3 rings (SSSR count). The van der Waals surface area contributed by atoms with E-state index < -0.39 is 9.84 Å². The SMILES string of the molecule is CC(C)N(Cc1ccc(N(C)C)cc1)Cn1nc(CC2CCS(=O)(=O)C2)n(C)c1=S. The van der Waals surface area contributed by atoms with Crippen molar-refractivity contribution in [1.29, 1.82) is 0 Å². The highest BCUT2D eigenvalue weighted by Crippen LogP contribution is 2.22. The van der Waals surface area contributed by atoms with Gasteiger partial charge < -0.3 is 9.47 Å². The largest absolute Gasteiger partial charge is 0.378 e. The summed E-state index contributed by atoms with van der Waals surface area (Å²) in [6.45, 7) is 5.75. The molecular formula is C21H33N5O2S2. The van der Waals surface area contributed by atoms with Gasteiger partial charge in [0.1, 0.15) is 5.82 Å². The standard InChI is InChI=1S/C21H33N5O2S2/c1-16(2)25(13-17-6-8-19(9-7-17)23(3)4)15-26-21(29)24(5)20(22-26)12-18-10-11-30(27,28)14-18/h6-9,16,18H,10-15H2,1-5H3. The van der Waals surface area contributed by atoms with Gasteiger partial charge >= 0.3 is 0 Å². The second kappa shape index (κ2) is 9.20. The molecule has 2 aromatic rings. The van der Waals surface area contributed by atoms with E-state index in [0.29, 0.717) is 30.3 Å². The first kappa shape index (κ1) is 23.0. The molecule has 0 amide bonds. The molecule has 7 nitrogen and oxygen atoms in total. The van der Waals surface area contributed by atoms with Crippen LogP contribution in [0.4, 0.5) is 5.69 Å². The van der Waals surface area contributed by atoms with Crippen LogP contribution in [-0.4, -0.2) is 59.3 Å². The van der Waals surface area contributed by atoms with E-state index >= 15 is 0 Å². The van der Waals surface area contributed by atoms with E-state index in [1.165, 1.54) is 11.3 Å². The molecule has 0 radical (unpaired) electrons. The first-order valence-corrected chi connectivity index (χ1v) is 12.6. The third-order valence-electron chi connectivity index (χ3n) is 5.81. The Morgan fingerprint density at radius 2 is 1.90 bits per heavy atom. The second-order valence-corrected chi connectivity index (χ2v) is 11.4. The van der Waals surface area contributed by atoms with Crippen LogP contribution < -0.4 is 4.90 Å². The number of benzene rings is 1. The van der Waals surface area contributed by atoms with Crippen molar-refractivity contribution in [3.8, 4) is 0 Å². The summed E-state index contributed by atoms with van der Waals surface area (Å²) >= 11 is 5.63. The Hall–Kier alpha value is -1.71. The first-order chi connectivity index (χ1) is 14.1. The van der Waals surface area contributed by atoms with Crippen LogP contribution >= 0.6 is 12.2 Å². The van der Waals surface area contributed by atoms with E-state index in [0.717, 1.165) is 12.4 Å². The van der Waals surface area contributed by atoms with Crippen molar-refractivity contribution >= 4 is 27.7 Å². The molecule has 2 heterocycles. The van der Waals surface area contributed by atoms with Gasteiger partial charge in [-0.05, 0) is 56.1 Å². The van der Waals surface area contributed by atoms with Crippen molar-refractivity contribution in [2.24, 2.45) is 13.0 Å². The second-order valence-electron chi connectivity index (χ2n) is 8.77. The van der Waals surface area contributed by atoms with Gasteiger partial charge in [0.05, 0.1) is 18.2 Å². The molecule has 0 aliphatic carbocycles. The van der Waals surface area contributed by atoms with E-state index in [-0.39, 0.29) is 17.4 Å². The van der Waals surface area contributed by atoms with Gasteiger partial charge in [0.25, 0.3) is 0 Å². The smallest absolute Gasteiger partial charge is 0.198 e. The van der Waals surface area contributed by atoms with Gasteiger partial charge in [0, 0.05) is 45.8 Å². The van der Waals surface area contributed by atoms with Crippen molar-refractivity contribution < 1.29 is 8.42 Å². The van der Waals surface area contributed by atoms with Gasteiger partial charge in [-0.2, -0.15) is 5.10 Å². The van der Waals surface area contributed by atoms with Gasteiger partial charge in [0.2, 0.25) is 0 Å². The Bertz CT molecular complexity index is 1020. The third-order valence-corrected chi connectivity index (χ3v) is 8.13. The van der Waals surface area contributed by atoms with Gasteiger partial charge in [-0.1, -0.05) is 12.1 Å². The van der Waals surface area contributed by atoms with Crippen molar-refractivity contribution in [3.05, 3.63) is 40.4 Å². The minimum absolute atomic E-state index is 0.135. The fourth-order valence-electron chi connectivity index (χ4n) is 3.80. The molecule has 0 bridgehead atoms. The zero-order chi connectivity index (χ0) is 22.1. The van der Waals surface area contributed by atoms with Crippen molar-refractivity contribution in [1.82, 2.24) is 19.2 Å². The normalized spacial score (nSPS) is 18.4. The number of sulfone groups is 1. The van der Waals surface area contributed by atoms with Crippen LogP contribution in [0.3, 0.4) is 0 Å². The van der Waals surface area contributed by atoms with Crippen LogP contribution in [0.5, 0.6) is 0 Å². The molecule has 1 unspecified atom stereocenters. The zero-order valence-corrected chi connectivity index (χ0v) is 20.2. The van der Waals surface area contributed by atoms with Crippen molar-refractivity contribution in [3.63, 3.8) is 0 Å². The van der Waals surface area contributed by atoms with E-state index in [1.807, 2.05) is 30.4 Å². The molecule has 1 saturated heterocycles. The van der Waals surface area contributed by atoms with Crippen molar-refractivity contribution in [2.45, 2.75) is 45.9 Å². The highest BCUT2D eigenvalue weighted by atomic mass is 32.2. The number of anilines is 1. The summed E-state index contributed by atoms with van der Waals surface area (Å²) in [6.07, 6.45) is 1.36. The summed E-state index contributed by atoms with van der Waals surface area (Å²) in [5, 5.41) is 4.75. The fourth-order valence-corrected chi connectivity index (χ4v) is 5.86. The predicted octanol–water partition coefficient (Wildman–Crippen LogP) is 2.86. The maximum absolute atomic E-state index is 11.8. The van der Waals surface area contributed by atoms with Gasteiger partial charge in [-0.15, -0.1) is 0 Å². The topological polar surface area (TPSA) is 63.4 Å². The number of aromatic nitrogens is 3. The summed E-state index contributed by atoms with van der Waals surface area (Å²) < 4.78 is 28.0. The molecule has 0 saturated carbocycles. The lowest BCUT2D eigenvalue weighted by Gasteiger charge is -2.26. The van der Waals surface area contributed by atoms with Crippen LogP contribution in [0.1, 0.15) is 31.7 Å². The van der Waals surface area contributed by atoms with Crippen LogP contribution in [0.15, 0.2) is 24.3 Å². The molecule has 1 fully saturated rings. The molecule has 166 valence electrons. The van der Waals surface area contributed by atoms with Crippen LogP contribution in [0.25, 0.3) is 0 Å². The molecule has 0 N–H and O–H groups in total. The summed E-state index contributed by atoms with van der Waals surface area (Å²) in [5.74, 6) is 1.54. The number of hydrogen-bond acceptors (Lipinski definition) is 6. The van der Waals surface area contributed by atoms with Crippen LogP contribution in [0, 0.1) is 10.7 Å². The Kier molecular flexibility index (Phi) is 7.04. The summed E-state index contributed by atoms with van der Waals surface area (Å²) in [7, 11) is 3.11. The molecule has 1 aromatic carbocycles. The summed E-state index contributed by atoms with van der Waals surface area (Å²) in [4.78, 5) is 4.42. The zero-order valence-electron chi connectivity index (χ0n) is 18.6. The van der Waals surface area contributed by atoms with Crippen LogP contribution in [-0.2, 0) is 36.5 Å². The number of nitrogens with zero attached hydrogens (tertiary/aromatic N) is 5. The Morgan fingerprint density at radius 3 is 2.43 bits per heavy atom. The fraction of sp³-hybridized carbons (Fsp3) is 0.619. The highest BCUT2D eigenvalue weighted by molar-refractivity contribution is 7.91. The molecule has 1 aromatic heterocycles. The average molecular weight is 452 g/mol. The number of hydrogen-bond donors (Lipinski definition) is 0. The average Bonchev–Trinajstić information content (AvgIpc) is 3.15. The van der Waals surface area contributed by atoms with E-state index in [4.69, 9.17) is 17.3 Å². The Labute approximate surface area is 185 Å². The van der Waals surface area contributed by atoms with Crippen LogP contribution in [0.2, 0.25) is 0 Å². The monoisotopic (exact) mass is 451 g/mol. The van der Waals surface area contributed by atoms with Gasteiger partial charge in [-0.25, -0.2) is 13.1 Å². The predicted molar refractivity (Wildman–Crippen MR) is 124 cm³/mol. The molecule has 9 heteroatoms. The Balaban J connectivity index is 1.73. The quantitative estimate of drug-likeness (QED) is 0.575. The summed E-state index contributed by atoms with van der Waals surface area (Å²) in [5.41, 5.74) is 2.42. The van der Waals surface area contributed by atoms with E-state index in [2.05, 4.69) is 47.9 Å². The van der Waals surface area contributed by atoms with E-state index in [9.17, 15) is 8.42 Å². The Morgan fingerprint density at radius 1 is 1.23 bits per heavy atom. The lowest BCUT2D eigenvalue weighted by atomic mass is 10.1. The van der Waals surface area contributed by atoms with Crippen molar-refractivity contribution in [2.75, 3.05) is 30.5 Å². The van der Waals surface area contributed by atoms with Gasteiger partial charge in [0.15, 0.2) is 14.6 Å². The lowest BCUT2D eigenvalue weighted by molar-refractivity contribution is 0.153. The summed E-state index contributed by atoms with van der Waals surface area (Å²) in [6, 6.07) is 8.91. The minimum atomic E-state index is -2.89. The molecule has 1 aliphatic heterocycles.